The number of nitriles is 1. The van der Waals surface area contributed by atoms with Gasteiger partial charge in [0.05, 0.1) is 32.2 Å². The summed E-state index contributed by atoms with van der Waals surface area (Å²) in [5.74, 6) is -3.24. The second kappa shape index (κ2) is 10.9. The number of nitrogens with zero attached hydrogens (tertiary/aromatic N) is 5. The number of anilines is 1. The van der Waals surface area contributed by atoms with Crippen molar-refractivity contribution in [2.24, 2.45) is 11.8 Å². The first-order valence-electron chi connectivity index (χ1n) is 12.2. The summed E-state index contributed by atoms with van der Waals surface area (Å²) >= 11 is 17.8. The molecule has 2 aromatic carbocycles. The molecule has 5 rings (SSSR count). The van der Waals surface area contributed by atoms with Gasteiger partial charge >= 0.3 is 6.18 Å². The molecule has 1 heterocycles. The molecule has 1 aromatic heterocycles. The molecule has 0 radical (unpaired) electrons. The number of carbonyl (C=O) groups excluding carboxylic acids is 2. The summed E-state index contributed by atoms with van der Waals surface area (Å²) in [5.41, 5.74) is 0.491. The summed E-state index contributed by atoms with van der Waals surface area (Å²) in [5, 5.41) is 13.8. The molecule has 0 N–H and O–H groups in total. The molecule has 0 spiro atoms. The van der Waals surface area contributed by atoms with Crippen LogP contribution in [0.15, 0.2) is 42.7 Å². The third-order valence-corrected chi connectivity index (χ3v) is 7.76. The Hall–Kier alpha value is -3.39. The number of alkyl halides is 3. The van der Waals surface area contributed by atoms with E-state index in [0.717, 1.165) is 23.1 Å². The highest BCUT2D eigenvalue weighted by Crippen LogP contribution is 2.41. The molecule has 2 aliphatic carbocycles. The van der Waals surface area contributed by atoms with E-state index in [2.05, 4.69) is 10.1 Å². The number of amides is 2. The van der Waals surface area contributed by atoms with Crippen molar-refractivity contribution in [3.05, 3.63) is 74.5 Å². The van der Waals surface area contributed by atoms with E-state index in [1.807, 2.05) is 6.07 Å². The van der Waals surface area contributed by atoms with Gasteiger partial charge in [-0.1, -0.05) is 53.0 Å². The van der Waals surface area contributed by atoms with E-state index < -0.39 is 12.1 Å². The fraction of sp³-hybridized carbons (Fsp3) is 0.296. The van der Waals surface area contributed by atoms with E-state index in [9.17, 15) is 28.0 Å². The van der Waals surface area contributed by atoms with Crippen molar-refractivity contribution >= 4 is 58.6 Å². The molecular formula is C27H19Cl3F3N5O2. The van der Waals surface area contributed by atoms with Crippen LogP contribution in [0.5, 0.6) is 0 Å². The molecule has 2 amide bonds. The zero-order valence-corrected chi connectivity index (χ0v) is 22.8. The quantitative estimate of drug-likeness (QED) is 0.210. The molecule has 2 fully saturated rings. The summed E-state index contributed by atoms with van der Waals surface area (Å²) in [7, 11) is 0. The lowest BCUT2D eigenvalue weighted by Crippen LogP contribution is -2.40. The molecule has 40 heavy (non-hydrogen) atoms. The number of halogens is 6. The number of aromatic nitrogens is 3. The van der Waals surface area contributed by atoms with Gasteiger partial charge in [-0.05, 0) is 61.1 Å². The minimum atomic E-state index is -4.66. The molecule has 13 heteroatoms. The summed E-state index contributed by atoms with van der Waals surface area (Å²) in [4.78, 5) is 30.8. The van der Waals surface area contributed by atoms with Gasteiger partial charge in [0, 0.05) is 11.8 Å². The van der Waals surface area contributed by atoms with E-state index in [4.69, 9.17) is 34.8 Å². The minimum Gasteiger partial charge on any atom is -0.274 e. The Morgan fingerprint density at radius 1 is 1.05 bits per heavy atom. The van der Waals surface area contributed by atoms with Crippen LogP contribution in [0.4, 0.5) is 19.1 Å². The summed E-state index contributed by atoms with van der Waals surface area (Å²) < 4.78 is 43.0. The van der Waals surface area contributed by atoms with Gasteiger partial charge in [0.2, 0.25) is 11.8 Å². The number of rotatable bonds is 7. The van der Waals surface area contributed by atoms with Crippen molar-refractivity contribution < 1.29 is 22.8 Å². The molecular weight excluding hydrogens is 590 g/mol. The van der Waals surface area contributed by atoms with E-state index in [1.54, 1.807) is 0 Å². The fourth-order valence-electron chi connectivity index (χ4n) is 4.12. The maximum absolute atomic E-state index is 13.9. The molecule has 3 aromatic rings. The van der Waals surface area contributed by atoms with Crippen molar-refractivity contribution in [3.8, 4) is 11.8 Å². The molecule has 206 valence electrons. The van der Waals surface area contributed by atoms with Crippen molar-refractivity contribution in [1.29, 1.82) is 5.26 Å². The highest BCUT2D eigenvalue weighted by atomic mass is 35.5. The molecule has 0 saturated heterocycles. The number of imide groups is 1. The molecule has 1 unspecified atom stereocenters. The Labute approximate surface area is 241 Å². The van der Waals surface area contributed by atoms with Crippen LogP contribution in [0.25, 0.3) is 11.8 Å². The van der Waals surface area contributed by atoms with Gasteiger partial charge in [0.15, 0.2) is 0 Å². The second-order valence-electron chi connectivity index (χ2n) is 9.61. The highest BCUT2D eigenvalue weighted by Gasteiger charge is 2.43. The zero-order chi connectivity index (χ0) is 28.8. The topological polar surface area (TPSA) is 91.9 Å². The van der Waals surface area contributed by atoms with E-state index in [-0.39, 0.29) is 61.5 Å². The first-order valence-corrected chi connectivity index (χ1v) is 13.3. The van der Waals surface area contributed by atoms with Crippen molar-refractivity contribution in [3.63, 3.8) is 0 Å². The monoisotopic (exact) mass is 607 g/mol. The Morgan fingerprint density at radius 2 is 1.65 bits per heavy atom. The number of hydrogen-bond donors (Lipinski definition) is 0. The predicted octanol–water partition coefficient (Wildman–Crippen LogP) is 7.14. The van der Waals surface area contributed by atoms with E-state index >= 15 is 0 Å². The maximum Gasteiger partial charge on any atom is 0.399 e. The number of allylic oxidation sites excluding steroid dienone is 1. The van der Waals surface area contributed by atoms with Gasteiger partial charge < -0.3 is 0 Å². The van der Waals surface area contributed by atoms with E-state index in [0.29, 0.717) is 31.2 Å². The van der Waals surface area contributed by atoms with Crippen LogP contribution < -0.4 is 4.90 Å². The third-order valence-electron chi connectivity index (χ3n) is 6.56. The Bertz CT molecular complexity index is 1530. The molecule has 7 nitrogen and oxygen atoms in total. The Balaban J connectivity index is 1.43. The average Bonchev–Trinajstić information content (AvgIpc) is 3.84. The highest BCUT2D eigenvalue weighted by molar-refractivity contribution is 6.48. The number of hydrogen-bond acceptors (Lipinski definition) is 5. The van der Waals surface area contributed by atoms with Gasteiger partial charge in [-0.25, -0.2) is 9.58 Å². The third kappa shape index (κ3) is 5.87. The first kappa shape index (κ1) is 28.1. The van der Waals surface area contributed by atoms with Crippen LogP contribution in [-0.2, 0) is 9.59 Å². The number of carbonyl (C=O) groups is 2. The van der Waals surface area contributed by atoms with Gasteiger partial charge in [-0.2, -0.15) is 23.4 Å². The van der Waals surface area contributed by atoms with Crippen molar-refractivity contribution in [2.75, 3.05) is 4.90 Å². The predicted molar refractivity (Wildman–Crippen MR) is 143 cm³/mol. The first-order chi connectivity index (χ1) is 19.0. The summed E-state index contributed by atoms with van der Waals surface area (Å²) in [6, 6.07) is 8.61. The molecule has 0 aliphatic heterocycles. The summed E-state index contributed by atoms with van der Waals surface area (Å²) in [6.07, 6.45) is 1.60. The van der Waals surface area contributed by atoms with Gasteiger partial charge in [-0.3, -0.25) is 9.59 Å². The largest absolute Gasteiger partial charge is 0.399 e. The van der Waals surface area contributed by atoms with Gasteiger partial charge in [0.25, 0.3) is 5.95 Å². The zero-order valence-electron chi connectivity index (χ0n) is 20.5. The van der Waals surface area contributed by atoms with Gasteiger partial charge in [0.1, 0.15) is 12.4 Å². The van der Waals surface area contributed by atoms with Crippen molar-refractivity contribution in [2.45, 2.75) is 37.8 Å². The van der Waals surface area contributed by atoms with Gasteiger partial charge in [-0.15, -0.1) is 5.10 Å². The van der Waals surface area contributed by atoms with E-state index in [1.165, 1.54) is 35.3 Å². The van der Waals surface area contributed by atoms with Crippen LogP contribution in [-0.4, -0.2) is 32.8 Å². The van der Waals surface area contributed by atoms with Crippen molar-refractivity contribution in [1.82, 2.24) is 14.8 Å². The number of benzene rings is 2. The molecule has 2 aliphatic rings. The molecule has 0 bridgehead atoms. The fourth-order valence-corrected chi connectivity index (χ4v) is 4.74. The SMILES string of the molecule is N#Cc1cc(C=CC(c2cc(Cl)c(Cl)c(Cl)c2)C(F)(F)F)ccc1-n1cnc(N(C(=O)C2CC2)C(=O)C2CC2)n1. The van der Waals surface area contributed by atoms with Crippen LogP contribution in [0.3, 0.4) is 0 Å². The lowest BCUT2D eigenvalue weighted by Gasteiger charge is -2.18. The molecule has 1 atom stereocenters. The van der Waals surface area contributed by atoms with Crippen LogP contribution in [0, 0.1) is 23.2 Å². The average molecular weight is 609 g/mol. The Morgan fingerprint density at radius 3 is 2.17 bits per heavy atom. The second-order valence-corrected chi connectivity index (χ2v) is 10.8. The van der Waals surface area contributed by atoms with Crippen LogP contribution in [0.1, 0.15) is 48.3 Å². The lowest BCUT2D eigenvalue weighted by atomic mass is 9.96. The molecule has 2 saturated carbocycles. The lowest BCUT2D eigenvalue weighted by molar-refractivity contribution is -0.139. The van der Waals surface area contributed by atoms with Crippen LogP contribution in [0.2, 0.25) is 15.1 Å². The Kier molecular flexibility index (Phi) is 7.66. The normalized spacial score (nSPS) is 16.1. The smallest absolute Gasteiger partial charge is 0.274 e. The summed E-state index contributed by atoms with van der Waals surface area (Å²) in [6.45, 7) is 0. The minimum absolute atomic E-state index is 0.0422. The maximum atomic E-state index is 13.9. The van der Waals surface area contributed by atoms with Crippen LogP contribution >= 0.6 is 34.8 Å². The standard InChI is InChI=1S/C27H19Cl3F3N5O2/c28-20-10-17(11-21(29)23(20)30)19(27(31,32)33)7-1-14-2-8-22(18(9-14)12-34)37-13-35-26(36-37)38(24(39)15-3-4-15)25(40)16-5-6-16/h1-2,7-11,13,15-16,19H,3-6H2.